The second kappa shape index (κ2) is 18.0. The van der Waals surface area contributed by atoms with Gasteiger partial charge in [0, 0.05) is 25.1 Å². The van der Waals surface area contributed by atoms with Crippen LogP contribution in [0.15, 0.2) is 73.1 Å². The predicted molar refractivity (Wildman–Crippen MR) is 234 cm³/mol. The number of methoxy groups -OCH3 is 2. The zero-order chi connectivity index (χ0) is 45.3. The first kappa shape index (κ1) is 44.3. The van der Waals surface area contributed by atoms with E-state index in [2.05, 4.69) is 71.5 Å². The Kier molecular flexibility index (Phi) is 12.5. The van der Waals surface area contributed by atoms with Gasteiger partial charge in [0.05, 0.1) is 56.2 Å². The highest BCUT2D eigenvalue weighted by Crippen LogP contribution is 2.58. The van der Waals surface area contributed by atoms with Crippen LogP contribution in [0, 0.1) is 11.3 Å². The second-order valence-electron chi connectivity index (χ2n) is 17.7. The van der Waals surface area contributed by atoms with Crippen molar-refractivity contribution in [2.75, 3.05) is 33.9 Å². The van der Waals surface area contributed by atoms with Crippen molar-refractivity contribution in [1.29, 1.82) is 0 Å². The van der Waals surface area contributed by atoms with E-state index in [4.69, 9.17) is 9.72 Å². The highest BCUT2D eigenvalue weighted by Gasteiger charge is 2.55. The third-order valence-electron chi connectivity index (χ3n) is 13.2. The molecule has 3 aliphatic rings. The Labute approximate surface area is 369 Å². The average molecular weight is 881 g/mol. The van der Waals surface area contributed by atoms with Crippen LogP contribution < -0.4 is 10.6 Å². The molecule has 4 N–H and O–H groups in total. The topological polar surface area (TPSA) is 184 Å². The predicted octanol–water partition coefficient (Wildman–Crippen LogP) is 7.91. The number of hydrogen-bond donors (Lipinski definition) is 4. The van der Waals surface area contributed by atoms with Crippen LogP contribution >= 0.6 is 0 Å². The number of carbonyl (C=O) groups is 4. The molecule has 4 atom stereocenters. The number of imidazole rings is 2. The SMILES string of the molecule is COC(=O)N[C@@H](CCOC(F)F)C(=O)N1CCC[C@@]1(C)c1ncc(-c2ccc(-c3ccc4cc(-c5cnc([C@@H]6CC7(CC7)CN6C(=O)[C@@H](NC(=O)OC)C(C)C)[nH]5)ccc4c3)cc2)[nH]1. The number of carbonyl (C=O) groups excluding carboxylic acids is 4. The van der Waals surface area contributed by atoms with Gasteiger partial charge >= 0.3 is 18.8 Å². The van der Waals surface area contributed by atoms with E-state index in [1.807, 2.05) is 56.1 Å². The van der Waals surface area contributed by atoms with Crippen molar-refractivity contribution >= 4 is 34.8 Å². The van der Waals surface area contributed by atoms with E-state index in [9.17, 15) is 28.0 Å². The fourth-order valence-corrected chi connectivity index (χ4v) is 9.26. The fourth-order valence-electron chi connectivity index (χ4n) is 9.26. The highest BCUT2D eigenvalue weighted by molar-refractivity contribution is 5.91. The summed E-state index contributed by atoms with van der Waals surface area (Å²) in [5, 5.41) is 7.34. The molecule has 1 spiro atoms. The van der Waals surface area contributed by atoms with Gasteiger partial charge in [-0.1, -0.05) is 62.4 Å². The van der Waals surface area contributed by atoms with Crippen LogP contribution in [-0.4, -0.2) is 106 Å². The van der Waals surface area contributed by atoms with Crippen LogP contribution in [0.4, 0.5) is 18.4 Å². The lowest BCUT2D eigenvalue weighted by molar-refractivity contribution is -0.143. The van der Waals surface area contributed by atoms with Gasteiger partial charge < -0.3 is 44.6 Å². The summed E-state index contributed by atoms with van der Waals surface area (Å²) < 4.78 is 39.3. The Bertz CT molecular complexity index is 2520. The maximum Gasteiger partial charge on any atom is 0.407 e. The monoisotopic (exact) mass is 880 g/mol. The van der Waals surface area contributed by atoms with Crippen LogP contribution in [0.5, 0.6) is 0 Å². The molecule has 0 unspecified atom stereocenters. The van der Waals surface area contributed by atoms with Gasteiger partial charge in [-0.2, -0.15) is 8.78 Å². The molecule has 64 heavy (non-hydrogen) atoms. The summed E-state index contributed by atoms with van der Waals surface area (Å²) >= 11 is 0. The van der Waals surface area contributed by atoms with E-state index in [0.717, 1.165) is 76.6 Å². The number of ether oxygens (including phenoxy) is 3. The number of nitrogens with one attached hydrogen (secondary N) is 4. The van der Waals surface area contributed by atoms with Crippen molar-refractivity contribution in [3.8, 4) is 33.6 Å². The van der Waals surface area contributed by atoms with Crippen molar-refractivity contribution in [3.63, 3.8) is 0 Å². The molecule has 1 aliphatic carbocycles. The molecule has 3 fully saturated rings. The Hall–Kier alpha value is -6.36. The number of aromatic nitrogens is 4. The normalized spacial score (nSPS) is 19.9. The van der Waals surface area contributed by atoms with Gasteiger partial charge in [0.15, 0.2) is 0 Å². The molecular weight excluding hydrogens is 827 g/mol. The Morgan fingerprint density at radius 3 is 2.11 bits per heavy atom. The van der Waals surface area contributed by atoms with Crippen LogP contribution in [0.25, 0.3) is 44.4 Å². The Morgan fingerprint density at radius 1 is 0.812 bits per heavy atom. The van der Waals surface area contributed by atoms with Gasteiger partial charge in [-0.25, -0.2) is 19.6 Å². The van der Waals surface area contributed by atoms with E-state index in [-0.39, 0.29) is 29.7 Å². The zero-order valence-corrected chi connectivity index (χ0v) is 36.6. The van der Waals surface area contributed by atoms with Crippen molar-refractivity contribution in [2.24, 2.45) is 11.3 Å². The lowest BCUT2D eigenvalue weighted by atomic mass is 9.97. The van der Waals surface area contributed by atoms with Gasteiger partial charge in [-0.15, -0.1) is 0 Å². The van der Waals surface area contributed by atoms with E-state index >= 15 is 0 Å². The molecule has 0 radical (unpaired) electrons. The summed E-state index contributed by atoms with van der Waals surface area (Å²) in [6, 6.07) is 18.7. The van der Waals surface area contributed by atoms with Crippen LogP contribution in [0.1, 0.15) is 77.0 Å². The largest absolute Gasteiger partial charge is 0.453 e. The van der Waals surface area contributed by atoms with E-state index in [1.54, 1.807) is 11.1 Å². The molecule has 3 aromatic carbocycles. The molecule has 4 heterocycles. The van der Waals surface area contributed by atoms with Crippen molar-refractivity contribution in [2.45, 2.75) is 89.6 Å². The smallest absolute Gasteiger partial charge is 0.407 e. The molecule has 2 saturated heterocycles. The van der Waals surface area contributed by atoms with Gasteiger partial charge in [-0.05, 0) is 90.0 Å². The molecule has 0 bridgehead atoms. The van der Waals surface area contributed by atoms with Gasteiger partial charge in [0.2, 0.25) is 11.8 Å². The Balaban J connectivity index is 0.951. The van der Waals surface area contributed by atoms with Crippen LogP contribution in [0.2, 0.25) is 0 Å². The first-order chi connectivity index (χ1) is 30.7. The summed E-state index contributed by atoms with van der Waals surface area (Å²) in [7, 11) is 2.46. The number of rotatable bonds is 14. The van der Waals surface area contributed by atoms with Crippen LogP contribution in [-0.2, 0) is 29.3 Å². The number of halogens is 2. The van der Waals surface area contributed by atoms with Crippen molar-refractivity contribution in [1.82, 2.24) is 40.4 Å². The van der Waals surface area contributed by atoms with Gasteiger partial charge in [0.1, 0.15) is 23.7 Å². The summed E-state index contributed by atoms with van der Waals surface area (Å²) in [6.07, 6.45) is 6.18. The molecule has 1 saturated carbocycles. The minimum absolute atomic E-state index is 0.0998. The number of alkyl halides is 2. The molecule has 17 heteroatoms. The van der Waals surface area contributed by atoms with Crippen molar-refractivity contribution < 1.29 is 42.2 Å². The maximum atomic E-state index is 13.9. The average Bonchev–Trinajstić information content (AvgIpc) is 3.78. The lowest BCUT2D eigenvalue weighted by Crippen LogP contribution is -2.53. The number of fused-ring (bicyclic) bond motifs is 1. The first-order valence-electron chi connectivity index (χ1n) is 21.7. The number of nitrogens with zero attached hydrogens (tertiary/aromatic N) is 4. The van der Waals surface area contributed by atoms with E-state index in [0.29, 0.717) is 31.8 Å². The summed E-state index contributed by atoms with van der Waals surface area (Å²) in [5.41, 5.74) is 4.83. The minimum atomic E-state index is -3.00. The number of alkyl carbamates (subject to hydrolysis) is 2. The van der Waals surface area contributed by atoms with Crippen LogP contribution in [0.3, 0.4) is 0 Å². The quantitative estimate of drug-likeness (QED) is 0.0861. The molecule has 8 rings (SSSR count). The molecular formula is C47H54F2N8O7. The number of aromatic amines is 2. The number of benzene rings is 3. The molecule has 2 aromatic heterocycles. The third kappa shape index (κ3) is 9.03. The highest BCUT2D eigenvalue weighted by atomic mass is 19.3. The summed E-state index contributed by atoms with van der Waals surface area (Å²) in [5.74, 6) is 0.623. The number of likely N-dealkylation sites (tertiary alicyclic amines) is 2. The summed E-state index contributed by atoms with van der Waals surface area (Å²) in [6.45, 7) is 3.34. The number of hydrogen-bond acceptors (Lipinski definition) is 9. The van der Waals surface area contributed by atoms with Crippen molar-refractivity contribution in [3.05, 3.63) is 84.7 Å². The molecule has 15 nitrogen and oxygen atoms in total. The molecule has 4 amide bonds. The minimum Gasteiger partial charge on any atom is -0.453 e. The number of amides is 4. The fraction of sp³-hybridized carbons (Fsp3) is 0.447. The van der Waals surface area contributed by atoms with E-state index < -0.39 is 48.9 Å². The third-order valence-corrected chi connectivity index (χ3v) is 13.2. The lowest BCUT2D eigenvalue weighted by Gasteiger charge is -2.36. The van der Waals surface area contributed by atoms with Gasteiger partial charge in [0.25, 0.3) is 0 Å². The molecule has 5 aromatic rings. The molecule has 338 valence electrons. The Morgan fingerprint density at radius 2 is 1.44 bits per heavy atom. The standard InChI is InChI=1S/C47H54F2N8O7/c1-27(2)38(55-45(61)63-5)41(59)56-26-47(17-18-47)23-37(56)39-50-24-36(52-39)33-14-13-31-21-30(11-12-32(31)22-33)28-7-9-29(10-8-28)35-25-51-42(53-35)46(3)16-6-19-57(46)40(58)34(54-44(60)62-4)15-20-64-43(48)49/h7-14,21-22,24-25,27,34,37-38,43H,6,15-20,23,26H2,1-5H3,(H,50,52)(H,51,53)(H,54,60)(H,55,61)/t34-,37-,38-,46-/m0/s1. The zero-order valence-electron chi connectivity index (χ0n) is 36.6. The number of H-pyrrole nitrogens is 2. The maximum absolute atomic E-state index is 13.9. The van der Waals surface area contributed by atoms with Gasteiger partial charge in [-0.3, -0.25) is 9.59 Å². The molecule has 2 aliphatic heterocycles. The second-order valence-corrected chi connectivity index (χ2v) is 17.7. The summed E-state index contributed by atoms with van der Waals surface area (Å²) in [4.78, 5) is 71.8. The first-order valence-corrected chi connectivity index (χ1v) is 21.7. The van der Waals surface area contributed by atoms with E-state index in [1.165, 1.54) is 7.11 Å².